The van der Waals surface area contributed by atoms with Gasteiger partial charge in [0.1, 0.15) is 0 Å². The third-order valence-corrected chi connectivity index (χ3v) is 4.26. The average molecular weight is 296 g/mol. The highest BCUT2D eigenvalue weighted by atomic mass is 32.1. The standard InChI is InChI=1S/C15H18F2N2S/c1-4-7-18-14(15-10(3)19-8-20-15)11-6-5-9(2)12(16)13(11)17/h5-6,8,14,18H,4,7H2,1-3H3. The fourth-order valence-electron chi connectivity index (χ4n) is 2.10. The van der Waals surface area contributed by atoms with Crippen LogP contribution in [-0.2, 0) is 0 Å². The van der Waals surface area contributed by atoms with Crippen LogP contribution in [0.15, 0.2) is 17.6 Å². The number of nitrogens with zero attached hydrogens (tertiary/aromatic N) is 1. The summed E-state index contributed by atoms with van der Waals surface area (Å²) < 4.78 is 28.0. The lowest BCUT2D eigenvalue weighted by atomic mass is 10.0. The van der Waals surface area contributed by atoms with E-state index in [-0.39, 0.29) is 6.04 Å². The van der Waals surface area contributed by atoms with Gasteiger partial charge in [-0.3, -0.25) is 0 Å². The molecule has 1 N–H and O–H groups in total. The van der Waals surface area contributed by atoms with E-state index in [2.05, 4.69) is 10.3 Å². The van der Waals surface area contributed by atoms with Crippen molar-refractivity contribution in [2.24, 2.45) is 0 Å². The van der Waals surface area contributed by atoms with E-state index in [9.17, 15) is 8.78 Å². The first-order chi connectivity index (χ1) is 9.56. The monoisotopic (exact) mass is 296 g/mol. The molecule has 0 fully saturated rings. The molecule has 20 heavy (non-hydrogen) atoms. The molecule has 1 heterocycles. The minimum absolute atomic E-state index is 0.321. The number of aryl methyl sites for hydroxylation is 2. The molecule has 0 saturated heterocycles. The summed E-state index contributed by atoms with van der Waals surface area (Å²) in [6.07, 6.45) is 0.921. The first kappa shape index (κ1) is 15.1. The summed E-state index contributed by atoms with van der Waals surface area (Å²) >= 11 is 1.46. The van der Waals surface area contributed by atoms with Crippen LogP contribution in [0, 0.1) is 25.5 Å². The molecule has 1 atom stereocenters. The van der Waals surface area contributed by atoms with Gasteiger partial charge >= 0.3 is 0 Å². The average Bonchev–Trinajstić information content (AvgIpc) is 2.85. The second-order valence-corrected chi connectivity index (χ2v) is 5.68. The van der Waals surface area contributed by atoms with E-state index in [4.69, 9.17) is 0 Å². The Balaban J connectivity index is 2.47. The van der Waals surface area contributed by atoms with Crippen molar-refractivity contribution in [3.8, 4) is 0 Å². The zero-order valence-corrected chi connectivity index (χ0v) is 12.7. The van der Waals surface area contributed by atoms with Crippen molar-refractivity contribution >= 4 is 11.3 Å². The van der Waals surface area contributed by atoms with E-state index in [1.807, 2.05) is 13.8 Å². The van der Waals surface area contributed by atoms with Gasteiger partial charge in [-0.1, -0.05) is 19.1 Å². The Morgan fingerprint density at radius 2 is 2.00 bits per heavy atom. The van der Waals surface area contributed by atoms with Gasteiger partial charge in [-0.15, -0.1) is 11.3 Å². The van der Waals surface area contributed by atoms with Crippen molar-refractivity contribution in [2.75, 3.05) is 6.54 Å². The summed E-state index contributed by atoms with van der Waals surface area (Å²) in [6, 6.07) is 2.92. The Bertz CT molecular complexity index is 596. The molecule has 2 rings (SSSR count). The highest BCUT2D eigenvalue weighted by Gasteiger charge is 2.23. The second kappa shape index (κ2) is 6.41. The number of halogens is 2. The van der Waals surface area contributed by atoms with Crippen molar-refractivity contribution in [3.63, 3.8) is 0 Å². The summed E-state index contributed by atoms with van der Waals surface area (Å²) in [4.78, 5) is 5.13. The lowest BCUT2D eigenvalue weighted by molar-refractivity contribution is 0.477. The van der Waals surface area contributed by atoms with E-state index in [0.29, 0.717) is 11.1 Å². The van der Waals surface area contributed by atoms with Gasteiger partial charge in [0.15, 0.2) is 11.6 Å². The number of thiazole rings is 1. The van der Waals surface area contributed by atoms with Crippen LogP contribution in [0.5, 0.6) is 0 Å². The quantitative estimate of drug-likeness (QED) is 0.897. The second-order valence-electron chi connectivity index (χ2n) is 4.79. The molecule has 2 nitrogen and oxygen atoms in total. The zero-order chi connectivity index (χ0) is 14.7. The molecular weight excluding hydrogens is 278 g/mol. The maximum atomic E-state index is 14.2. The molecule has 0 aliphatic rings. The van der Waals surface area contributed by atoms with Gasteiger partial charge in [0.2, 0.25) is 0 Å². The van der Waals surface area contributed by atoms with Gasteiger partial charge in [0.05, 0.1) is 17.2 Å². The molecule has 1 aromatic heterocycles. The molecule has 0 bridgehead atoms. The maximum absolute atomic E-state index is 14.2. The normalized spacial score (nSPS) is 12.7. The summed E-state index contributed by atoms with van der Waals surface area (Å²) in [5, 5.41) is 3.28. The van der Waals surface area contributed by atoms with Crippen molar-refractivity contribution in [1.29, 1.82) is 0 Å². The summed E-state index contributed by atoms with van der Waals surface area (Å²) in [6.45, 7) is 6.22. The molecule has 1 unspecified atom stereocenters. The number of hydrogen-bond donors (Lipinski definition) is 1. The Morgan fingerprint density at radius 1 is 1.25 bits per heavy atom. The third-order valence-electron chi connectivity index (χ3n) is 3.26. The first-order valence-corrected chi connectivity index (χ1v) is 7.52. The molecule has 0 spiro atoms. The fraction of sp³-hybridized carbons (Fsp3) is 0.400. The van der Waals surface area contributed by atoms with Crippen LogP contribution in [0.3, 0.4) is 0 Å². The summed E-state index contributed by atoms with van der Waals surface area (Å²) in [5.74, 6) is -1.54. The number of hydrogen-bond acceptors (Lipinski definition) is 3. The van der Waals surface area contributed by atoms with Crippen LogP contribution in [0.4, 0.5) is 8.78 Å². The van der Waals surface area contributed by atoms with E-state index in [1.165, 1.54) is 11.3 Å². The molecule has 2 aromatic rings. The number of benzene rings is 1. The van der Waals surface area contributed by atoms with E-state index >= 15 is 0 Å². The maximum Gasteiger partial charge on any atom is 0.164 e. The SMILES string of the molecule is CCCNC(c1ccc(C)c(F)c1F)c1scnc1C. The fourth-order valence-corrected chi connectivity index (χ4v) is 3.00. The van der Waals surface area contributed by atoms with Crippen LogP contribution in [-0.4, -0.2) is 11.5 Å². The van der Waals surface area contributed by atoms with Crippen molar-refractivity contribution < 1.29 is 8.78 Å². The largest absolute Gasteiger partial charge is 0.305 e. The summed E-state index contributed by atoms with van der Waals surface area (Å²) in [7, 11) is 0. The molecule has 108 valence electrons. The molecule has 5 heteroatoms. The van der Waals surface area contributed by atoms with Gasteiger partial charge in [-0.25, -0.2) is 13.8 Å². The van der Waals surface area contributed by atoms with Crippen LogP contribution in [0.1, 0.15) is 41.1 Å². The van der Waals surface area contributed by atoms with Gasteiger partial charge in [-0.05, 0) is 32.4 Å². The Kier molecular flexibility index (Phi) is 4.83. The molecule has 0 saturated carbocycles. The van der Waals surface area contributed by atoms with E-state index in [0.717, 1.165) is 23.5 Å². The topological polar surface area (TPSA) is 24.9 Å². The van der Waals surface area contributed by atoms with Crippen LogP contribution in [0.25, 0.3) is 0 Å². The molecule has 1 aromatic carbocycles. The first-order valence-electron chi connectivity index (χ1n) is 6.64. The Morgan fingerprint density at radius 3 is 2.60 bits per heavy atom. The highest BCUT2D eigenvalue weighted by Crippen LogP contribution is 2.31. The number of aromatic nitrogens is 1. The van der Waals surface area contributed by atoms with Crippen LogP contribution >= 0.6 is 11.3 Å². The predicted octanol–water partition coefficient (Wildman–Crippen LogP) is 4.13. The van der Waals surface area contributed by atoms with Gasteiger partial charge < -0.3 is 5.32 Å². The van der Waals surface area contributed by atoms with Crippen molar-refractivity contribution in [1.82, 2.24) is 10.3 Å². The lowest BCUT2D eigenvalue weighted by Crippen LogP contribution is -2.24. The van der Waals surface area contributed by atoms with E-state index < -0.39 is 11.6 Å². The molecule has 0 radical (unpaired) electrons. The molecular formula is C15H18F2N2S. The predicted molar refractivity (Wildman–Crippen MR) is 78.1 cm³/mol. The zero-order valence-electron chi connectivity index (χ0n) is 11.8. The lowest BCUT2D eigenvalue weighted by Gasteiger charge is -2.19. The van der Waals surface area contributed by atoms with E-state index in [1.54, 1.807) is 24.6 Å². The molecule has 0 amide bonds. The van der Waals surface area contributed by atoms with Gasteiger partial charge in [-0.2, -0.15) is 0 Å². The van der Waals surface area contributed by atoms with Gasteiger partial charge in [0.25, 0.3) is 0 Å². The minimum atomic E-state index is -0.772. The van der Waals surface area contributed by atoms with Crippen LogP contribution < -0.4 is 5.32 Å². The number of rotatable bonds is 5. The molecule has 0 aliphatic carbocycles. The third kappa shape index (κ3) is 2.88. The van der Waals surface area contributed by atoms with Gasteiger partial charge in [0, 0.05) is 10.4 Å². The molecule has 0 aliphatic heterocycles. The van der Waals surface area contributed by atoms with Crippen molar-refractivity contribution in [3.05, 3.63) is 51.0 Å². The Hall–Kier alpha value is -1.33. The number of nitrogens with one attached hydrogen (secondary N) is 1. The summed E-state index contributed by atoms with van der Waals surface area (Å²) in [5.41, 5.74) is 3.24. The highest BCUT2D eigenvalue weighted by molar-refractivity contribution is 7.09. The Labute approximate surface area is 121 Å². The van der Waals surface area contributed by atoms with Crippen molar-refractivity contribution in [2.45, 2.75) is 33.2 Å². The minimum Gasteiger partial charge on any atom is -0.305 e. The smallest absolute Gasteiger partial charge is 0.164 e. The van der Waals surface area contributed by atoms with Crippen LogP contribution in [0.2, 0.25) is 0 Å².